The van der Waals surface area contributed by atoms with Crippen molar-refractivity contribution in [2.75, 3.05) is 20.3 Å². The third kappa shape index (κ3) is 5.90. The van der Waals surface area contributed by atoms with Crippen LogP contribution in [0.5, 0.6) is 11.5 Å². The topological polar surface area (TPSA) is 54.9 Å². The minimum absolute atomic E-state index is 0. The molecule has 0 spiro atoms. The van der Waals surface area contributed by atoms with Crippen molar-refractivity contribution in [2.45, 2.75) is 39.3 Å². The molecule has 0 saturated heterocycles. The van der Waals surface area contributed by atoms with Gasteiger partial charge in [-0.1, -0.05) is 6.07 Å². The molecular formula is C16H26IN3O2. The van der Waals surface area contributed by atoms with Gasteiger partial charge in [-0.15, -0.1) is 24.0 Å². The number of hydrogen-bond donors (Lipinski definition) is 2. The minimum atomic E-state index is 0. The van der Waals surface area contributed by atoms with Gasteiger partial charge in [-0.3, -0.25) is 0 Å². The van der Waals surface area contributed by atoms with Gasteiger partial charge in [0, 0.05) is 12.6 Å². The lowest BCUT2D eigenvalue weighted by molar-refractivity contribution is 0.310. The number of benzene rings is 1. The molecule has 0 unspecified atom stereocenters. The molecule has 0 aliphatic heterocycles. The van der Waals surface area contributed by atoms with Crippen LogP contribution in [0.25, 0.3) is 0 Å². The standard InChI is InChI=1S/C16H25N3O2.HI/c1-4-17-16(19-13-7-8-13)18-11-12-6-9-14(21-5-2)15(10-12)20-3;/h6,9-10,13H,4-5,7-8,11H2,1-3H3,(H2,17,18,19);1H. The number of nitrogens with one attached hydrogen (secondary N) is 2. The van der Waals surface area contributed by atoms with Gasteiger partial charge < -0.3 is 20.1 Å². The van der Waals surface area contributed by atoms with Gasteiger partial charge in [-0.05, 0) is 44.4 Å². The van der Waals surface area contributed by atoms with Crippen LogP contribution < -0.4 is 20.1 Å². The first-order valence-electron chi connectivity index (χ1n) is 7.61. The van der Waals surface area contributed by atoms with E-state index in [1.165, 1.54) is 12.8 Å². The summed E-state index contributed by atoms with van der Waals surface area (Å²) in [5.74, 6) is 2.41. The first kappa shape index (κ1) is 18.9. The van der Waals surface area contributed by atoms with E-state index in [1.807, 2.05) is 25.1 Å². The summed E-state index contributed by atoms with van der Waals surface area (Å²) < 4.78 is 10.9. The Kier molecular flexibility index (Phi) is 8.37. The van der Waals surface area contributed by atoms with E-state index in [2.05, 4.69) is 22.5 Å². The van der Waals surface area contributed by atoms with Crippen molar-refractivity contribution in [1.82, 2.24) is 10.6 Å². The number of methoxy groups -OCH3 is 1. The van der Waals surface area contributed by atoms with E-state index < -0.39 is 0 Å². The van der Waals surface area contributed by atoms with Crippen LogP contribution in [-0.2, 0) is 6.54 Å². The monoisotopic (exact) mass is 419 g/mol. The van der Waals surface area contributed by atoms with Crippen molar-refractivity contribution in [2.24, 2.45) is 4.99 Å². The normalized spacial score (nSPS) is 14.0. The smallest absolute Gasteiger partial charge is 0.191 e. The number of guanidine groups is 1. The van der Waals surface area contributed by atoms with Gasteiger partial charge in [0.25, 0.3) is 0 Å². The summed E-state index contributed by atoms with van der Waals surface area (Å²) in [6, 6.07) is 6.54. The van der Waals surface area contributed by atoms with E-state index in [1.54, 1.807) is 7.11 Å². The molecule has 1 aromatic rings. The van der Waals surface area contributed by atoms with Crippen LogP contribution in [0.3, 0.4) is 0 Å². The van der Waals surface area contributed by atoms with Gasteiger partial charge >= 0.3 is 0 Å². The summed E-state index contributed by atoms with van der Waals surface area (Å²) in [7, 11) is 1.66. The zero-order valence-electron chi connectivity index (χ0n) is 13.5. The molecule has 1 saturated carbocycles. The molecule has 5 nitrogen and oxygen atoms in total. The summed E-state index contributed by atoms with van der Waals surface area (Å²) in [6.45, 7) is 6.15. The van der Waals surface area contributed by atoms with E-state index in [0.717, 1.165) is 29.6 Å². The quantitative estimate of drug-likeness (QED) is 0.406. The lowest BCUT2D eigenvalue weighted by Gasteiger charge is -2.12. The zero-order valence-corrected chi connectivity index (χ0v) is 15.8. The molecule has 1 aromatic carbocycles. The Hall–Kier alpha value is -1.18. The second kappa shape index (κ2) is 9.76. The molecule has 1 fully saturated rings. The predicted octanol–water partition coefficient (Wildman–Crippen LogP) is 2.93. The van der Waals surface area contributed by atoms with Crippen LogP contribution >= 0.6 is 24.0 Å². The molecule has 0 atom stereocenters. The van der Waals surface area contributed by atoms with Gasteiger partial charge in [-0.2, -0.15) is 0 Å². The molecule has 1 aliphatic rings. The van der Waals surface area contributed by atoms with Crippen molar-refractivity contribution >= 4 is 29.9 Å². The third-order valence-electron chi connectivity index (χ3n) is 3.21. The lowest BCUT2D eigenvalue weighted by Crippen LogP contribution is -2.38. The third-order valence-corrected chi connectivity index (χ3v) is 3.21. The molecule has 1 aliphatic carbocycles. The molecule has 0 radical (unpaired) electrons. The molecule has 0 amide bonds. The molecule has 6 heteroatoms. The summed E-state index contributed by atoms with van der Waals surface area (Å²) in [5, 5.41) is 6.67. The molecule has 0 aromatic heterocycles. The Morgan fingerprint density at radius 2 is 2.05 bits per heavy atom. The van der Waals surface area contributed by atoms with Crippen LogP contribution in [-0.4, -0.2) is 32.3 Å². The zero-order chi connectivity index (χ0) is 15.1. The number of nitrogens with zero attached hydrogens (tertiary/aromatic N) is 1. The molecule has 124 valence electrons. The van der Waals surface area contributed by atoms with E-state index in [4.69, 9.17) is 9.47 Å². The molecule has 0 bridgehead atoms. The van der Waals surface area contributed by atoms with Crippen LogP contribution in [0.4, 0.5) is 0 Å². The molecule has 22 heavy (non-hydrogen) atoms. The largest absolute Gasteiger partial charge is 0.493 e. The van der Waals surface area contributed by atoms with Crippen molar-refractivity contribution < 1.29 is 9.47 Å². The summed E-state index contributed by atoms with van der Waals surface area (Å²) in [4.78, 5) is 4.61. The Balaban J connectivity index is 0.00000242. The van der Waals surface area contributed by atoms with E-state index >= 15 is 0 Å². The summed E-state index contributed by atoms with van der Waals surface area (Å²) in [6.07, 6.45) is 2.47. The number of aliphatic imine (C=N–C) groups is 1. The predicted molar refractivity (Wildman–Crippen MR) is 101 cm³/mol. The summed E-state index contributed by atoms with van der Waals surface area (Å²) in [5.41, 5.74) is 1.10. The van der Waals surface area contributed by atoms with Crippen LogP contribution in [0, 0.1) is 0 Å². The first-order valence-corrected chi connectivity index (χ1v) is 7.61. The molecule has 0 heterocycles. The maximum atomic E-state index is 5.52. The summed E-state index contributed by atoms with van der Waals surface area (Å²) >= 11 is 0. The fourth-order valence-corrected chi connectivity index (χ4v) is 2.00. The van der Waals surface area contributed by atoms with Gasteiger partial charge in [0.05, 0.1) is 20.3 Å². The highest BCUT2D eigenvalue weighted by Crippen LogP contribution is 2.28. The van der Waals surface area contributed by atoms with Crippen molar-refractivity contribution in [1.29, 1.82) is 0 Å². The number of rotatable bonds is 7. The average Bonchev–Trinajstić information content (AvgIpc) is 3.30. The minimum Gasteiger partial charge on any atom is -0.493 e. The van der Waals surface area contributed by atoms with Crippen LogP contribution in [0.15, 0.2) is 23.2 Å². The molecule has 2 N–H and O–H groups in total. The van der Waals surface area contributed by atoms with E-state index in [0.29, 0.717) is 19.2 Å². The highest BCUT2D eigenvalue weighted by atomic mass is 127. The van der Waals surface area contributed by atoms with E-state index in [-0.39, 0.29) is 24.0 Å². The fourth-order valence-electron chi connectivity index (χ4n) is 2.00. The Labute approximate surface area is 149 Å². The van der Waals surface area contributed by atoms with Gasteiger partial charge in [-0.25, -0.2) is 4.99 Å². The number of halogens is 1. The Morgan fingerprint density at radius 1 is 1.27 bits per heavy atom. The molecular weight excluding hydrogens is 393 g/mol. The van der Waals surface area contributed by atoms with Crippen molar-refractivity contribution in [3.05, 3.63) is 23.8 Å². The highest BCUT2D eigenvalue weighted by molar-refractivity contribution is 14.0. The van der Waals surface area contributed by atoms with Crippen molar-refractivity contribution in [3.63, 3.8) is 0 Å². The van der Waals surface area contributed by atoms with E-state index in [9.17, 15) is 0 Å². The van der Waals surface area contributed by atoms with Gasteiger partial charge in [0.15, 0.2) is 17.5 Å². The lowest BCUT2D eigenvalue weighted by atomic mass is 10.2. The Bertz CT molecular complexity index is 490. The number of hydrogen-bond acceptors (Lipinski definition) is 3. The van der Waals surface area contributed by atoms with Gasteiger partial charge in [0.1, 0.15) is 0 Å². The highest BCUT2D eigenvalue weighted by Gasteiger charge is 2.22. The number of ether oxygens (including phenoxy) is 2. The average molecular weight is 419 g/mol. The second-order valence-electron chi connectivity index (χ2n) is 5.03. The second-order valence-corrected chi connectivity index (χ2v) is 5.03. The first-order chi connectivity index (χ1) is 10.3. The maximum Gasteiger partial charge on any atom is 0.191 e. The van der Waals surface area contributed by atoms with Crippen LogP contribution in [0.2, 0.25) is 0 Å². The SMILES string of the molecule is CCNC(=NCc1ccc(OCC)c(OC)c1)NC1CC1.I. The van der Waals surface area contributed by atoms with Crippen LogP contribution in [0.1, 0.15) is 32.3 Å². The maximum absolute atomic E-state index is 5.52. The van der Waals surface area contributed by atoms with Gasteiger partial charge in [0.2, 0.25) is 0 Å². The molecule has 2 rings (SSSR count). The Morgan fingerprint density at radius 3 is 2.64 bits per heavy atom. The fraction of sp³-hybridized carbons (Fsp3) is 0.562. The van der Waals surface area contributed by atoms with Crippen molar-refractivity contribution in [3.8, 4) is 11.5 Å².